The summed E-state index contributed by atoms with van der Waals surface area (Å²) in [5.41, 5.74) is 1.98. The first-order valence-corrected chi connectivity index (χ1v) is 10.2. The van der Waals surface area contributed by atoms with Crippen molar-refractivity contribution in [2.24, 2.45) is 0 Å². The Hall–Kier alpha value is -3.48. The van der Waals surface area contributed by atoms with E-state index in [2.05, 4.69) is 19.9 Å². The Morgan fingerprint density at radius 1 is 1.23 bits per heavy atom. The normalized spacial score (nSPS) is 17.8. The van der Waals surface area contributed by atoms with Crippen LogP contribution in [0.15, 0.2) is 12.3 Å². The van der Waals surface area contributed by atoms with E-state index in [4.69, 9.17) is 15.0 Å². The van der Waals surface area contributed by atoms with E-state index in [0.717, 1.165) is 42.4 Å². The summed E-state index contributed by atoms with van der Waals surface area (Å²) in [5.74, 6) is 2.60. The van der Waals surface area contributed by atoms with Crippen LogP contribution in [0.25, 0.3) is 0 Å². The molecule has 0 atom stereocenters. The number of hydrogen-bond donors (Lipinski definition) is 0. The second-order valence-electron chi connectivity index (χ2n) is 7.70. The molecule has 0 radical (unpaired) electrons. The third-order valence-electron chi connectivity index (χ3n) is 5.72. The number of hydrogen-bond acceptors (Lipinski definition) is 9. The van der Waals surface area contributed by atoms with E-state index in [1.807, 2.05) is 17.9 Å². The minimum absolute atomic E-state index is 0.133. The van der Waals surface area contributed by atoms with Crippen molar-refractivity contribution < 1.29 is 9.53 Å². The maximum atomic E-state index is 12.7. The average Bonchev–Trinajstić information content (AvgIpc) is 3.13. The highest BCUT2D eigenvalue weighted by Crippen LogP contribution is 2.32. The second kappa shape index (κ2) is 7.40. The first-order valence-electron chi connectivity index (χ1n) is 10.2. The van der Waals surface area contributed by atoms with Crippen LogP contribution in [-0.2, 0) is 24.2 Å². The summed E-state index contributed by atoms with van der Waals surface area (Å²) in [6, 6.07) is 3.68. The summed E-state index contributed by atoms with van der Waals surface area (Å²) < 4.78 is 5.68. The van der Waals surface area contributed by atoms with Crippen molar-refractivity contribution in [1.82, 2.24) is 24.8 Å². The molecule has 5 heterocycles. The predicted molar refractivity (Wildman–Crippen MR) is 107 cm³/mol. The highest BCUT2D eigenvalue weighted by Gasteiger charge is 2.36. The van der Waals surface area contributed by atoms with Gasteiger partial charge in [0.2, 0.25) is 5.82 Å². The standard InChI is InChI=1S/C20H22N8O2/c1-2-16-23-15-12-28(11-14(15)19(25-16)26-6-3-7-26)20(29)30-13-9-27(10-13)18-4-5-22-17(8-21)24-18/h4-5,13H,2-3,6-7,9-12H2,1H3. The topological polar surface area (TPSA) is 111 Å². The lowest BCUT2D eigenvalue weighted by Gasteiger charge is -2.39. The van der Waals surface area contributed by atoms with Gasteiger partial charge in [-0.15, -0.1) is 0 Å². The lowest BCUT2D eigenvalue weighted by atomic mass is 10.1. The highest BCUT2D eigenvalue weighted by molar-refractivity contribution is 5.70. The molecule has 0 N–H and O–H groups in total. The lowest BCUT2D eigenvalue weighted by molar-refractivity contribution is 0.0488. The van der Waals surface area contributed by atoms with Crippen LogP contribution >= 0.6 is 0 Å². The number of nitriles is 1. The Bertz CT molecular complexity index is 1030. The van der Waals surface area contributed by atoms with Gasteiger partial charge in [-0.25, -0.2) is 24.7 Å². The van der Waals surface area contributed by atoms with Gasteiger partial charge >= 0.3 is 6.09 Å². The maximum absolute atomic E-state index is 12.7. The number of rotatable bonds is 4. The Morgan fingerprint density at radius 3 is 2.77 bits per heavy atom. The molecule has 5 rings (SSSR count). The van der Waals surface area contributed by atoms with Crippen LogP contribution in [0.2, 0.25) is 0 Å². The lowest BCUT2D eigenvalue weighted by Crippen LogP contribution is -2.54. The molecule has 2 saturated heterocycles. The third-order valence-corrected chi connectivity index (χ3v) is 5.72. The molecule has 154 valence electrons. The Morgan fingerprint density at radius 2 is 2.07 bits per heavy atom. The molecule has 2 aromatic heterocycles. The van der Waals surface area contributed by atoms with Gasteiger partial charge in [0.15, 0.2) is 0 Å². The van der Waals surface area contributed by atoms with E-state index in [9.17, 15) is 4.79 Å². The van der Waals surface area contributed by atoms with Crippen LogP contribution in [0.4, 0.5) is 16.4 Å². The molecule has 3 aliphatic heterocycles. The molecule has 0 saturated carbocycles. The van der Waals surface area contributed by atoms with Gasteiger partial charge in [-0.1, -0.05) is 6.92 Å². The maximum Gasteiger partial charge on any atom is 0.410 e. The third kappa shape index (κ3) is 3.26. The number of aromatic nitrogens is 4. The second-order valence-corrected chi connectivity index (χ2v) is 7.70. The van der Waals surface area contributed by atoms with Gasteiger partial charge in [-0.05, 0) is 12.5 Å². The quantitative estimate of drug-likeness (QED) is 0.740. The van der Waals surface area contributed by atoms with Crippen molar-refractivity contribution in [3.05, 3.63) is 35.2 Å². The van der Waals surface area contributed by atoms with Gasteiger partial charge in [0.25, 0.3) is 0 Å². The number of amides is 1. The number of carbonyl (C=O) groups is 1. The average molecular weight is 406 g/mol. The van der Waals surface area contributed by atoms with Crippen LogP contribution in [-0.4, -0.2) is 63.2 Å². The number of anilines is 2. The predicted octanol–water partition coefficient (Wildman–Crippen LogP) is 1.25. The molecule has 0 aliphatic carbocycles. The Kier molecular flexibility index (Phi) is 4.58. The molecule has 2 aromatic rings. The summed E-state index contributed by atoms with van der Waals surface area (Å²) in [4.78, 5) is 36.1. The zero-order chi connectivity index (χ0) is 20.7. The SMILES string of the molecule is CCc1nc2c(c(N3CCC3)n1)CN(C(=O)OC1CN(c3ccnc(C#N)n3)C1)C2. The summed E-state index contributed by atoms with van der Waals surface area (Å²) in [7, 11) is 0. The van der Waals surface area contributed by atoms with Crippen molar-refractivity contribution in [3.8, 4) is 6.07 Å². The first kappa shape index (κ1) is 18.5. The monoisotopic (exact) mass is 406 g/mol. The molecular formula is C20H22N8O2. The molecule has 0 aromatic carbocycles. The van der Waals surface area contributed by atoms with Gasteiger partial charge in [0.05, 0.1) is 31.9 Å². The molecule has 10 nitrogen and oxygen atoms in total. The van der Waals surface area contributed by atoms with E-state index in [1.54, 1.807) is 17.2 Å². The Labute approximate surface area is 174 Å². The molecule has 2 fully saturated rings. The fourth-order valence-corrected chi connectivity index (χ4v) is 3.86. The van der Waals surface area contributed by atoms with Crippen molar-refractivity contribution in [2.75, 3.05) is 36.0 Å². The van der Waals surface area contributed by atoms with E-state index in [1.165, 1.54) is 6.42 Å². The fourth-order valence-electron chi connectivity index (χ4n) is 3.86. The molecule has 0 spiro atoms. The van der Waals surface area contributed by atoms with Crippen LogP contribution in [0.3, 0.4) is 0 Å². The molecule has 0 unspecified atom stereocenters. The highest BCUT2D eigenvalue weighted by atomic mass is 16.6. The minimum atomic E-state index is -0.328. The van der Waals surface area contributed by atoms with Gasteiger partial charge in [0.1, 0.15) is 29.6 Å². The van der Waals surface area contributed by atoms with Crippen molar-refractivity contribution in [2.45, 2.75) is 39.0 Å². The molecule has 0 bridgehead atoms. The molecule has 30 heavy (non-hydrogen) atoms. The van der Waals surface area contributed by atoms with Crippen molar-refractivity contribution >= 4 is 17.7 Å². The van der Waals surface area contributed by atoms with Gasteiger partial charge < -0.3 is 14.5 Å². The van der Waals surface area contributed by atoms with Gasteiger partial charge in [-0.3, -0.25) is 4.90 Å². The van der Waals surface area contributed by atoms with E-state index in [-0.39, 0.29) is 18.0 Å². The molecule has 10 heteroatoms. The van der Waals surface area contributed by atoms with E-state index in [0.29, 0.717) is 32.0 Å². The molecule has 1 amide bonds. The van der Waals surface area contributed by atoms with E-state index < -0.39 is 0 Å². The number of carbonyl (C=O) groups excluding carboxylic acids is 1. The smallest absolute Gasteiger partial charge is 0.410 e. The fraction of sp³-hybridized carbons (Fsp3) is 0.500. The van der Waals surface area contributed by atoms with Crippen LogP contribution in [0, 0.1) is 11.3 Å². The number of nitrogens with zero attached hydrogens (tertiary/aromatic N) is 8. The summed E-state index contributed by atoms with van der Waals surface area (Å²) >= 11 is 0. The minimum Gasteiger partial charge on any atom is -0.442 e. The number of aryl methyl sites for hydroxylation is 1. The number of ether oxygens (including phenoxy) is 1. The summed E-state index contributed by atoms with van der Waals surface area (Å²) in [6.45, 7) is 6.09. The van der Waals surface area contributed by atoms with Gasteiger partial charge in [-0.2, -0.15) is 5.26 Å². The molecular weight excluding hydrogens is 384 g/mol. The van der Waals surface area contributed by atoms with Crippen molar-refractivity contribution in [1.29, 1.82) is 5.26 Å². The zero-order valence-electron chi connectivity index (χ0n) is 16.8. The van der Waals surface area contributed by atoms with Crippen molar-refractivity contribution in [3.63, 3.8) is 0 Å². The zero-order valence-corrected chi connectivity index (χ0v) is 16.8. The van der Waals surface area contributed by atoms with Crippen LogP contribution < -0.4 is 9.80 Å². The first-order chi connectivity index (χ1) is 14.6. The van der Waals surface area contributed by atoms with Gasteiger partial charge in [0, 0.05) is 31.3 Å². The largest absolute Gasteiger partial charge is 0.442 e. The number of fused-ring (bicyclic) bond motifs is 1. The molecule has 3 aliphatic rings. The summed E-state index contributed by atoms with van der Waals surface area (Å²) in [5, 5.41) is 8.93. The summed E-state index contributed by atoms with van der Waals surface area (Å²) in [6.07, 6.45) is 2.97. The van der Waals surface area contributed by atoms with Crippen LogP contribution in [0.5, 0.6) is 0 Å². The Balaban J connectivity index is 1.21. The van der Waals surface area contributed by atoms with Crippen LogP contribution in [0.1, 0.15) is 36.3 Å². The van der Waals surface area contributed by atoms with E-state index >= 15 is 0 Å².